The van der Waals surface area contributed by atoms with Gasteiger partial charge in [0.25, 0.3) is 0 Å². The second kappa shape index (κ2) is 11.6. The lowest BCUT2D eigenvalue weighted by molar-refractivity contribution is 1.33. The maximum Gasteiger partial charge on any atom is 0.0540 e. The molecule has 55 heavy (non-hydrogen) atoms. The smallest absolute Gasteiger partial charge is 0.0540 e. The fourth-order valence-electron chi connectivity index (χ4n) is 9.27. The predicted octanol–water partition coefficient (Wildman–Crippen LogP) is 15.5. The van der Waals surface area contributed by atoms with E-state index < -0.39 is 0 Å². The lowest BCUT2D eigenvalue weighted by atomic mass is 9.94. The Labute approximate surface area is 317 Å². The average molecular weight is 696 g/mol. The zero-order chi connectivity index (χ0) is 36.0. The second-order valence-electron chi connectivity index (χ2n) is 14.9. The van der Waals surface area contributed by atoms with E-state index in [0.29, 0.717) is 0 Å². The Balaban J connectivity index is 1.18. The predicted molar refractivity (Wildman–Crippen MR) is 239 cm³/mol. The Morgan fingerprint density at radius 3 is 0.782 bits per heavy atom. The molecule has 0 radical (unpaired) electrons. The van der Waals surface area contributed by atoms with Crippen molar-refractivity contribution in [3.05, 3.63) is 200 Å². The first-order valence-electron chi connectivity index (χ1n) is 19.1. The van der Waals surface area contributed by atoms with Crippen LogP contribution in [-0.2, 0) is 0 Å². The summed E-state index contributed by atoms with van der Waals surface area (Å²) in [6, 6.07) is 74.5. The van der Waals surface area contributed by atoms with Crippen molar-refractivity contribution in [1.29, 1.82) is 0 Å². The van der Waals surface area contributed by atoms with Gasteiger partial charge in [-0.05, 0) is 135 Å². The van der Waals surface area contributed by atoms with Crippen LogP contribution in [0.2, 0.25) is 0 Å². The molecule has 0 N–H and O–H groups in total. The molecule has 0 amide bonds. The van der Waals surface area contributed by atoms with E-state index in [4.69, 9.17) is 0 Å². The molecule has 12 rings (SSSR count). The van der Waals surface area contributed by atoms with Gasteiger partial charge < -0.3 is 4.90 Å². The van der Waals surface area contributed by atoms with Crippen molar-refractivity contribution >= 4 is 114 Å². The molecule has 0 saturated carbocycles. The molecular formula is C54H33N. The van der Waals surface area contributed by atoms with E-state index in [1.54, 1.807) is 0 Å². The molecule has 0 heterocycles. The second-order valence-corrected chi connectivity index (χ2v) is 14.9. The van der Waals surface area contributed by atoms with E-state index in [2.05, 4.69) is 205 Å². The van der Waals surface area contributed by atoms with Crippen molar-refractivity contribution in [3.63, 3.8) is 0 Å². The first kappa shape index (κ1) is 30.3. The molecule has 0 saturated heterocycles. The number of rotatable bonds is 3. The van der Waals surface area contributed by atoms with Crippen LogP contribution >= 0.6 is 0 Å². The molecule has 12 aromatic carbocycles. The third kappa shape index (κ3) is 4.60. The summed E-state index contributed by atoms with van der Waals surface area (Å²) in [5.74, 6) is 0. The summed E-state index contributed by atoms with van der Waals surface area (Å²) in [5, 5.41) is 22.5. The Kier molecular flexibility index (Phi) is 6.40. The molecule has 0 atom stereocenters. The van der Waals surface area contributed by atoms with Crippen LogP contribution in [0.25, 0.3) is 97.0 Å². The van der Waals surface area contributed by atoms with Crippen molar-refractivity contribution in [2.45, 2.75) is 0 Å². The van der Waals surface area contributed by atoms with Gasteiger partial charge in [-0.1, -0.05) is 146 Å². The summed E-state index contributed by atoms with van der Waals surface area (Å²) in [6.07, 6.45) is 0. The number of hydrogen-bond acceptors (Lipinski definition) is 1. The van der Waals surface area contributed by atoms with Crippen LogP contribution in [-0.4, -0.2) is 0 Å². The molecule has 0 aliphatic rings. The highest BCUT2D eigenvalue weighted by molar-refractivity contribution is 6.21. The van der Waals surface area contributed by atoms with Crippen molar-refractivity contribution in [2.24, 2.45) is 0 Å². The highest BCUT2D eigenvalue weighted by Gasteiger charge is 2.21. The van der Waals surface area contributed by atoms with E-state index in [-0.39, 0.29) is 0 Å². The minimum atomic E-state index is 1.16. The van der Waals surface area contributed by atoms with Crippen molar-refractivity contribution in [1.82, 2.24) is 0 Å². The summed E-state index contributed by atoms with van der Waals surface area (Å²) in [6.45, 7) is 0. The summed E-state index contributed by atoms with van der Waals surface area (Å²) in [5.41, 5.74) is 3.47. The van der Waals surface area contributed by atoms with Gasteiger partial charge in [0.2, 0.25) is 0 Å². The molecule has 0 bridgehead atoms. The van der Waals surface area contributed by atoms with Crippen LogP contribution in [0.15, 0.2) is 200 Å². The number of hydrogen-bond donors (Lipinski definition) is 0. The topological polar surface area (TPSA) is 3.24 Å². The van der Waals surface area contributed by atoms with Gasteiger partial charge in [-0.15, -0.1) is 0 Å². The van der Waals surface area contributed by atoms with Gasteiger partial charge in [-0.3, -0.25) is 0 Å². The molecule has 254 valence electrons. The maximum absolute atomic E-state index is 2.53. The van der Waals surface area contributed by atoms with E-state index in [1.807, 2.05) is 0 Å². The first-order valence-corrected chi connectivity index (χ1v) is 19.1. The Bertz CT molecular complexity index is 3180. The van der Waals surface area contributed by atoms with E-state index in [1.165, 1.54) is 97.0 Å². The highest BCUT2D eigenvalue weighted by atomic mass is 15.1. The summed E-state index contributed by atoms with van der Waals surface area (Å²) < 4.78 is 0. The summed E-state index contributed by atoms with van der Waals surface area (Å²) >= 11 is 0. The molecule has 0 spiro atoms. The molecular weight excluding hydrogens is 663 g/mol. The third-order valence-electron chi connectivity index (χ3n) is 11.9. The number of fused-ring (bicyclic) bond motifs is 12. The summed E-state index contributed by atoms with van der Waals surface area (Å²) in [4.78, 5) is 2.53. The van der Waals surface area contributed by atoms with Crippen LogP contribution in [0.3, 0.4) is 0 Å². The molecule has 12 aromatic rings. The largest absolute Gasteiger partial charge is 0.309 e. The van der Waals surface area contributed by atoms with Gasteiger partial charge in [0, 0.05) is 16.2 Å². The van der Waals surface area contributed by atoms with Gasteiger partial charge in [-0.2, -0.15) is 0 Å². The normalized spacial score (nSPS) is 12.0. The monoisotopic (exact) mass is 695 g/mol. The lowest BCUT2D eigenvalue weighted by Crippen LogP contribution is -2.11. The SMILES string of the molecule is c1ccc2cc3c(ccc4c(N(c5cccc6c5ccc5cc7ccccc7cc56)c5cccc6c5ccc5cc7ccccc7cc56)cccc43)cc2c1. The molecule has 0 aliphatic carbocycles. The van der Waals surface area contributed by atoms with Crippen LogP contribution < -0.4 is 4.90 Å². The van der Waals surface area contributed by atoms with Crippen LogP contribution in [0.5, 0.6) is 0 Å². The Hall–Kier alpha value is -7.22. The lowest BCUT2D eigenvalue weighted by Gasteiger charge is -2.30. The number of nitrogens with zero attached hydrogens (tertiary/aromatic N) is 1. The van der Waals surface area contributed by atoms with Crippen LogP contribution in [0, 0.1) is 0 Å². The third-order valence-corrected chi connectivity index (χ3v) is 11.9. The number of anilines is 3. The summed E-state index contributed by atoms with van der Waals surface area (Å²) in [7, 11) is 0. The Morgan fingerprint density at radius 1 is 0.182 bits per heavy atom. The van der Waals surface area contributed by atoms with Crippen molar-refractivity contribution in [2.75, 3.05) is 4.90 Å². The van der Waals surface area contributed by atoms with Gasteiger partial charge >= 0.3 is 0 Å². The van der Waals surface area contributed by atoms with Crippen molar-refractivity contribution < 1.29 is 0 Å². The fraction of sp³-hybridized carbons (Fsp3) is 0. The van der Waals surface area contributed by atoms with Crippen LogP contribution in [0.1, 0.15) is 0 Å². The zero-order valence-electron chi connectivity index (χ0n) is 30.0. The number of benzene rings is 12. The minimum absolute atomic E-state index is 1.16. The molecule has 1 nitrogen and oxygen atoms in total. The van der Waals surface area contributed by atoms with E-state index in [9.17, 15) is 0 Å². The van der Waals surface area contributed by atoms with Gasteiger partial charge in [0.1, 0.15) is 0 Å². The van der Waals surface area contributed by atoms with E-state index >= 15 is 0 Å². The van der Waals surface area contributed by atoms with Crippen molar-refractivity contribution in [3.8, 4) is 0 Å². The molecule has 0 unspecified atom stereocenters. The standard InChI is InChI=1S/C54H33N/c1-4-13-37-31-49-40(28-34(37)10-1)22-25-46-43(49)16-7-19-52(46)55(53-20-8-17-44-47(53)26-23-41-29-35-11-2-5-14-38(35)32-50(41)44)54-21-9-18-45-48(54)27-24-42-30-36-12-3-6-15-39(36)33-51(42)45/h1-33H. The average Bonchev–Trinajstić information content (AvgIpc) is 3.24. The zero-order valence-corrected chi connectivity index (χ0v) is 30.0. The molecule has 0 aromatic heterocycles. The quantitative estimate of drug-likeness (QED) is 0.131. The van der Waals surface area contributed by atoms with Crippen LogP contribution in [0.4, 0.5) is 17.1 Å². The minimum Gasteiger partial charge on any atom is -0.309 e. The van der Waals surface area contributed by atoms with Gasteiger partial charge in [0.15, 0.2) is 0 Å². The van der Waals surface area contributed by atoms with Gasteiger partial charge in [0.05, 0.1) is 17.1 Å². The Morgan fingerprint density at radius 2 is 0.473 bits per heavy atom. The first-order chi connectivity index (χ1) is 27.2. The van der Waals surface area contributed by atoms with Gasteiger partial charge in [-0.25, -0.2) is 0 Å². The fourth-order valence-corrected chi connectivity index (χ4v) is 9.27. The maximum atomic E-state index is 2.53. The molecule has 0 aliphatic heterocycles. The molecule has 1 heteroatoms. The van der Waals surface area contributed by atoms with E-state index in [0.717, 1.165) is 17.1 Å². The molecule has 0 fully saturated rings. The highest BCUT2D eigenvalue weighted by Crippen LogP contribution is 2.47.